The Balaban J connectivity index is 5.38. The van der Waals surface area contributed by atoms with E-state index in [9.17, 15) is 9.59 Å². The summed E-state index contributed by atoms with van der Waals surface area (Å²) in [7, 11) is 0. The molecule has 0 bridgehead atoms. The molecular weight excluding hydrogens is 312 g/mol. The van der Waals surface area contributed by atoms with Gasteiger partial charge in [0.1, 0.15) is 11.2 Å². The van der Waals surface area contributed by atoms with Crippen molar-refractivity contribution in [1.82, 2.24) is 0 Å². The van der Waals surface area contributed by atoms with Crippen molar-refractivity contribution in [3.8, 4) is 0 Å². The second-order valence-corrected chi connectivity index (χ2v) is 7.65. The summed E-state index contributed by atoms with van der Waals surface area (Å²) < 4.78 is 22.0. The highest BCUT2D eigenvalue weighted by molar-refractivity contribution is 5.86. The lowest BCUT2D eigenvalue weighted by Gasteiger charge is -2.30. The topological polar surface area (TPSA) is 71.1 Å². The molecule has 24 heavy (non-hydrogen) atoms. The fraction of sp³-hybridized carbons (Fsp3) is 0.889. The van der Waals surface area contributed by atoms with Crippen molar-refractivity contribution in [2.75, 3.05) is 13.2 Å². The van der Waals surface area contributed by atoms with Gasteiger partial charge in [0.2, 0.25) is 0 Å². The van der Waals surface area contributed by atoms with Crippen molar-refractivity contribution in [3.63, 3.8) is 0 Å². The van der Waals surface area contributed by atoms with Crippen LogP contribution in [-0.4, -0.2) is 48.6 Å². The van der Waals surface area contributed by atoms with Crippen molar-refractivity contribution in [1.29, 1.82) is 0 Å². The molecule has 0 saturated carbocycles. The van der Waals surface area contributed by atoms with Gasteiger partial charge in [0.15, 0.2) is 12.2 Å². The first-order valence-electron chi connectivity index (χ1n) is 8.60. The minimum Gasteiger partial charge on any atom is -0.458 e. The minimum atomic E-state index is -1.15. The van der Waals surface area contributed by atoms with Crippen LogP contribution in [0.5, 0.6) is 0 Å². The molecule has 0 aliphatic carbocycles. The van der Waals surface area contributed by atoms with E-state index in [1.54, 1.807) is 41.5 Å². The quantitative estimate of drug-likeness (QED) is 0.597. The van der Waals surface area contributed by atoms with Crippen LogP contribution in [0.2, 0.25) is 0 Å². The largest absolute Gasteiger partial charge is 0.458 e. The van der Waals surface area contributed by atoms with E-state index in [0.29, 0.717) is 26.1 Å². The van der Waals surface area contributed by atoms with Crippen LogP contribution in [0.15, 0.2) is 0 Å². The monoisotopic (exact) mass is 346 g/mol. The Labute approximate surface area is 146 Å². The maximum atomic E-state index is 12.5. The Morgan fingerprint density at radius 3 is 1.21 bits per heavy atom. The fourth-order valence-corrected chi connectivity index (χ4v) is 1.77. The molecule has 0 N–H and O–H groups in total. The molecule has 0 aromatic rings. The van der Waals surface area contributed by atoms with Crippen molar-refractivity contribution in [2.45, 2.75) is 91.6 Å². The molecule has 2 atom stereocenters. The fourth-order valence-electron chi connectivity index (χ4n) is 1.77. The van der Waals surface area contributed by atoms with E-state index < -0.39 is 35.3 Å². The predicted molar refractivity (Wildman–Crippen MR) is 91.8 cm³/mol. The van der Waals surface area contributed by atoms with Crippen molar-refractivity contribution in [2.24, 2.45) is 0 Å². The molecule has 0 aliphatic heterocycles. The van der Waals surface area contributed by atoms with Crippen LogP contribution in [0.4, 0.5) is 0 Å². The van der Waals surface area contributed by atoms with Gasteiger partial charge in [-0.3, -0.25) is 0 Å². The van der Waals surface area contributed by atoms with Crippen LogP contribution >= 0.6 is 0 Å². The van der Waals surface area contributed by atoms with Gasteiger partial charge in [0.05, 0.1) is 0 Å². The first-order valence-corrected chi connectivity index (χ1v) is 8.60. The Kier molecular flexibility index (Phi) is 9.51. The van der Waals surface area contributed by atoms with Crippen LogP contribution in [0.1, 0.15) is 68.2 Å². The molecule has 142 valence electrons. The van der Waals surface area contributed by atoms with Gasteiger partial charge in [-0.2, -0.15) is 0 Å². The number of esters is 2. The third-order valence-corrected chi connectivity index (χ3v) is 2.56. The highest BCUT2D eigenvalue weighted by atomic mass is 16.6. The van der Waals surface area contributed by atoms with Gasteiger partial charge >= 0.3 is 11.9 Å². The number of ether oxygens (including phenoxy) is 4. The lowest BCUT2D eigenvalue weighted by Crippen LogP contribution is -2.48. The van der Waals surface area contributed by atoms with Crippen molar-refractivity contribution >= 4 is 11.9 Å². The molecule has 0 aliphatic rings. The van der Waals surface area contributed by atoms with Gasteiger partial charge in [-0.15, -0.1) is 0 Å². The SMILES string of the molecule is CCCO[C@@H](C(=O)OC(C)(C)C)[C@@H](OCCC)C(=O)OC(C)(C)C. The van der Waals surface area contributed by atoms with E-state index in [0.717, 1.165) is 0 Å². The predicted octanol–water partition coefficient (Wildman–Crippen LogP) is 3.26. The number of rotatable bonds is 9. The molecule has 0 heterocycles. The average molecular weight is 346 g/mol. The van der Waals surface area contributed by atoms with E-state index >= 15 is 0 Å². The standard InChI is InChI=1S/C18H34O6/c1-9-11-21-13(15(19)23-17(3,4)5)14(22-12-10-2)16(20)24-18(6,7)8/h13-14H,9-12H2,1-8H3/t13-,14-/m1/s1. The van der Waals surface area contributed by atoms with Crippen LogP contribution in [0.3, 0.4) is 0 Å². The van der Waals surface area contributed by atoms with Crippen LogP contribution in [0.25, 0.3) is 0 Å². The normalized spacial score (nSPS) is 14.8. The summed E-state index contributed by atoms with van der Waals surface area (Å²) in [6.07, 6.45) is -0.890. The van der Waals surface area contributed by atoms with Gasteiger partial charge in [-0.25, -0.2) is 9.59 Å². The molecule has 0 radical (unpaired) electrons. The maximum absolute atomic E-state index is 12.5. The third-order valence-electron chi connectivity index (χ3n) is 2.56. The number of hydrogen-bond donors (Lipinski definition) is 0. The van der Waals surface area contributed by atoms with Gasteiger partial charge in [-0.1, -0.05) is 13.8 Å². The van der Waals surface area contributed by atoms with E-state index in [2.05, 4.69) is 0 Å². The maximum Gasteiger partial charge on any atom is 0.339 e. The van der Waals surface area contributed by atoms with Gasteiger partial charge in [0.25, 0.3) is 0 Å². The lowest BCUT2D eigenvalue weighted by molar-refractivity contribution is -0.195. The Morgan fingerprint density at radius 1 is 0.708 bits per heavy atom. The van der Waals surface area contributed by atoms with Crippen molar-refractivity contribution < 1.29 is 28.5 Å². The van der Waals surface area contributed by atoms with Gasteiger partial charge < -0.3 is 18.9 Å². The zero-order chi connectivity index (χ0) is 19.0. The molecule has 0 amide bonds. The molecule has 0 rings (SSSR count). The summed E-state index contributed by atoms with van der Waals surface area (Å²) in [5, 5.41) is 0. The number of carbonyl (C=O) groups excluding carboxylic acids is 2. The number of hydrogen-bond acceptors (Lipinski definition) is 6. The molecule has 0 saturated heterocycles. The molecule has 0 spiro atoms. The Bertz CT molecular complexity index is 353. The summed E-state index contributed by atoms with van der Waals surface area (Å²) in [5.74, 6) is -1.24. The molecule has 0 aromatic heterocycles. The van der Waals surface area contributed by atoms with E-state index in [-0.39, 0.29) is 0 Å². The van der Waals surface area contributed by atoms with Crippen molar-refractivity contribution in [3.05, 3.63) is 0 Å². The molecule has 0 unspecified atom stereocenters. The van der Waals surface area contributed by atoms with Crippen LogP contribution < -0.4 is 0 Å². The molecular formula is C18H34O6. The van der Waals surface area contributed by atoms with Gasteiger partial charge in [-0.05, 0) is 54.4 Å². The Morgan fingerprint density at radius 2 is 1.00 bits per heavy atom. The third kappa shape index (κ3) is 9.88. The van der Waals surface area contributed by atoms with Gasteiger partial charge in [0, 0.05) is 13.2 Å². The van der Waals surface area contributed by atoms with E-state index in [1.165, 1.54) is 0 Å². The average Bonchev–Trinajstić information content (AvgIpc) is 2.38. The number of carbonyl (C=O) groups is 2. The summed E-state index contributed by atoms with van der Waals surface area (Å²) in [5.41, 5.74) is -1.37. The second-order valence-electron chi connectivity index (χ2n) is 7.65. The second kappa shape index (κ2) is 9.99. The zero-order valence-electron chi connectivity index (χ0n) is 16.4. The zero-order valence-corrected chi connectivity index (χ0v) is 16.4. The summed E-state index contributed by atoms with van der Waals surface area (Å²) >= 11 is 0. The van der Waals surface area contributed by atoms with Crippen LogP contribution in [-0.2, 0) is 28.5 Å². The first kappa shape index (κ1) is 22.9. The van der Waals surface area contributed by atoms with E-state index in [1.807, 2.05) is 13.8 Å². The molecule has 6 heteroatoms. The summed E-state index contributed by atoms with van der Waals surface area (Å²) in [6, 6.07) is 0. The highest BCUT2D eigenvalue weighted by Gasteiger charge is 2.40. The summed E-state index contributed by atoms with van der Waals surface area (Å²) in [4.78, 5) is 25.0. The molecule has 0 aromatic carbocycles. The van der Waals surface area contributed by atoms with Crippen LogP contribution in [0, 0.1) is 0 Å². The Hall–Kier alpha value is -1.14. The minimum absolute atomic E-state index is 0.318. The molecule has 0 fully saturated rings. The van der Waals surface area contributed by atoms with E-state index in [4.69, 9.17) is 18.9 Å². The smallest absolute Gasteiger partial charge is 0.339 e. The summed E-state index contributed by atoms with van der Waals surface area (Å²) in [6.45, 7) is 15.0. The lowest BCUT2D eigenvalue weighted by atomic mass is 10.1. The highest BCUT2D eigenvalue weighted by Crippen LogP contribution is 2.18. The molecule has 6 nitrogen and oxygen atoms in total. The first-order chi connectivity index (χ1) is 10.9.